The van der Waals surface area contributed by atoms with Crippen molar-refractivity contribution in [2.75, 3.05) is 25.4 Å². The number of para-hydroxylation sites is 1. The maximum absolute atomic E-state index is 13.3. The van der Waals surface area contributed by atoms with Crippen molar-refractivity contribution in [3.05, 3.63) is 35.9 Å². The molecule has 1 aromatic carbocycles. The minimum absolute atomic E-state index is 0.0625. The first-order valence-electron chi connectivity index (χ1n) is 10.6. The number of hydroxylamine groups is 1. The first kappa shape index (κ1) is 22.3. The summed E-state index contributed by atoms with van der Waals surface area (Å²) in [5.41, 5.74) is -0.119. The van der Waals surface area contributed by atoms with Gasteiger partial charge in [-0.25, -0.2) is 4.79 Å². The summed E-state index contributed by atoms with van der Waals surface area (Å²) in [5, 5.41) is 12.1. The van der Waals surface area contributed by atoms with Gasteiger partial charge in [0.2, 0.25) is 0 Å². The number of aliphatic hydroxyl groups excluding tert-OH is 1. The predicted octanol–water partition coefficient (Wildman–Crippen LogP) is 2.37. The summed E-state index contributed by atoms with van der Waals surface area (Å²) >= 11 is 0. The first-order valence-corrected chi connectivity index (χ1v) is 10.6. The van der Waals surface area contributed by atoms with Gasteiger partial charge in [-0.3, -0.25) is 14.5 Å². The van der Waals surface area contributed by atoms with Gasteiger partial charge in [-0.15, -0.1) is 5.92 Å². The van der Waals surface area contributed by atoms with E-state index in [1.165, 1.54) is 17.1 Å². The molecule has 1 N–H and O–H groups in total. The Morgan fingerprint density at radius 3 is 2.69 bits per heavy atom. The van der Waals surface area contributed by atoms with Crippen LogP contribution in [0.25, 0.3) is 5.57 Å². The smallest absolute Gasteiger partial charge is 0.412 e. The molecule has 2 saturated heterocycles. The lowest BCUT2D eigenvalue weighted by molar-refractivity contribution is -0.203. The lowest BCUT2D eigenvalue weighted by Gasteiger charge is -2.63. The fourth-order valence-corrected chi connectivity index (χ4v) is 4.79. The number of carbonyl (C=O) groups excluding carboxylic acids is 2. The molecule has 4 unspecified atom stereocenters. The van der Waals surface area contributed by atoms with Gasteiger partial charge in [0, 0.05) is 17.1 Å². The SMILES string of the molecule is CC#CC12C(O)COCC1C(/C=C1/C(=O)N(OC)c3ccccc31)N2C(=O)OC(C)(C)C. The van der Waals surface area contributed by atoms with Crippen LogP contribution in [0.15, 0.2) is 30.3 Å². The molecule has 8 heteroatoms. The van der Waals surface area contributed by atoms with E-state index in [1.807, 2.05) is 18.2 Å². The maximum Gasteiger partial charge on any atom is 0.412 e. The molecule has 32 heavy (non-hydrogen) atoms. The number of benzene rings is 1. The molecule has 0 saturated carbocycles. The number of likely N-dealkylation sites (tertiary alicyclic amines) is 1. The number of ether oxygens (including phenoxy) is 2. The average molecular weight is 440 g/mol. The summed E-state index contributed by atoms with van der Waals surface area (Å²) in [7, 11) is 1.43. The van der Waals surface area contributed by atoms with Crippen molar-refractivity contribution in [3.8, 4) is 11.8 Å². The summed E-state index contributed by atoms with van der Waals surface area (Å²) in [6, 6.07) is 6.74. The fraction of sp³-hybridized carbons (Fsp3) is 0.500. The van der Waals surface area contributed by atoms with E-state index in [4.69, 9.17) is 14.3 Å². The normalized spacial score (nSPS) is 30.2. The van der Waals surface area contributed by atoms with Gasteiger partial charge in [0.1, 0.15) is 17.2 Å². The van der Waals surface area contributed by atoms with Gasteiger partial charge in [-0.05, 0) is 39.8 Å². The van der Waals surface area contributed by atoms with Gasteiger partial charge < -0.3 is 14.6 Å². The lowest BCUT2D eigenvalue weighted by Crippen LogP contribution is -2.81. The molecular formula is C24H28N2O6. The Labute approximate surface area is 187 Å². The third-order valence-corrected chi connectivity index (χ3v) is 6.02. The summed E-state index contributed by atoms with van der Waals surface area (Å²) in [6.07, 6.45) is 0.144. The van der Waals surface area contributed by atoms with Crippen LogP contribution in [0.3, 0.4) is 0 Å². The molecule has 2 amide bonds. The van der Waals surface area contributed by atoms with E-state index >= 15 is 0 Å². The Morgan fingerprint density at radius 2 is 2.03 bits per heavy atom. The molecule has 0 radical (unpaired) electrons. The standard InChI is InChI=1S/C24H28N2O6/c1-6-11-24-17(13-31-14-20(24)27)19(25(24)22(29)32-23(2,3)4)12-16-15-9-7-8-10-18(15)26(30-5)21(16)28/h7-10,12,17,19-20,27H,13-14H2,1-5H3/b16-12+. The van der Waals surface area contributed by atoms with Gasteiger partial charge in [-0.1, -0.05) is 24.1 Å². The zero-order chi connectivity index (χ0) is 23.3. The van der Waals surface area contributed by atoms with Gasteiger partial charge in [0.25, 0.3) is 5.91 Å². The quantitative estimate of drug-likeness (QED) is 0.561. The fourth-order valence-electron chi connectivity index (χ4n) is 4.79. The van der Waals surface area contributed by atoms with Crippen LogP contribution in [0, 0.1) is 17.8 Å². The lowest BCUT2D eigenvalue weighted by atomic mass is 9.64. The Balaban J connectivity index is 1.81. The van der Waals surface area contributed by atoms with Crippen molar-refractivity contribution in [2.24, 2.45) is 5.92 Å². The topological polar surface area (TPSA) is 88.5 Å². The molecule has 170 valence electrons. The second kappa shape index (κ2) is 7.93. The molecule has 4 atom stereocenters. The Bertz CT molecular complexity index is 1030. The van der Waals surface area contributed by atoms with Crippen LogP contribution in [-0.2, 0) is 19.1 Å². The third kappa shape index (κ3) is 3.28. The van der Waals surface area contributed by atoms with Gasteiger partial charge in [0.05, 0.1) is 32.1 Å². The highest BCUT2D eigenvalue weighted by atomic mass is 16.7. The van der Waals surface area contributed by atoms with Crippen LogP contribution in [0.1, 0.15) is 33.3 Å². The number of hydrogen-bond donors (Lipinski definition) is 1. The van der Waals surface area contributed by atoms with Crippen molar-refractivity contribution in [2.45, 2.75) is 51.0 Å². The van der Waals surface area contributed by atoms with Crippen molar-refractivity contribution in [1.82, 2.24) is 4.90 Å². The number of aliphatic hydroxyl groups is 1. The summed E-state index contributed by atoms with van der Waals surface area (Å²) in [4.78, 5) is 33.1. The van der Waals surface area contributed by atoms with Crippen LogP contribution in [-0.4, -0.2) is 65.6 Å². The van der Waals surface area contributed by atoms with Crippen molar-refractivity contribution < 1.29 is 29.0 Å². The molecule has 0 spiro atoms. The largest absolute Gasteiger partial charge is 0.444 e. The number of amides is 2. The van der Waals surface area contributed by atoms with Crippen LogP contribution < -0.4 is 5.06 Å². The van der Waals surface area contributed by atoms with E-state index in [-0.39, 0.29) is 18.4 Å². The van der Waals surface area contributed by atoms with Crippen molar-refractivity contribution in [1.29, 1.82) is 0 Å². The number of hydrogen-bond acceptors (Lipinski definition) is 6. The summed E-state index contributed by atoms with van der Waals surface area (Å²) in [6.45, 7) is 7.36. The number of anilines is 1. The van der Waals surface area contributed by atoms with Crippen LogP contribution in [0.4, 0.5) is 10.5 Å². The zero-order valence-corrected chi connectivity index (χ0v) is 18.9. The molecule has 0 aliphatic carbocycles. The monoisotopic (exact) mass is 440 g/mol. The van der Waals surface area contributed by atoms with Crippen LogP contribution >= 0.6 is 0 Å². The molecule has 3 aliphatic rings. The van der Waals surface area contributed by atoms with Gasteiger partial charge in [-0.2, -0.15) is 5.06 Å². The Kier molecular flexibility index (Phi) is 5.53. The highest BCUT2D eigenvalue weighted by molar-refractivity contribution is 6.31. The second-order valence-corrected chi connectivity index (χ2v) is 9.08. The van der Waals surface area contributed by atoms with Gasteiger partial charge in [0.15, 0.2) is 0 Å². The van der Waals surface area contributed by atoms with Crippen LogP contribution in [0.2, 0.25) is 0 Å². The molecule has 3 aliphatic heterocycles. The predicted molar refractivity (Wildman–Crippen MR) is 117 cm³/mol. The molecule has 4 rings (SSSR count). The minimum Gasteiger partial charge on any atom is -0.444 e. The van der Waals surface area contributed by atoms with E-state index in [9.17, 15) is 14.7 Å². The van der Waals surface area contributed by atoms with E-state index in [1.54, 1.807) is 39.8 Å². The highest BCUT2D eigenvalue weighted by Crippen LogP contribution is 2.50. The van der Waals surface area contributed by atoms with E-state index in [2.05, 4.69) is 11.8 Å². The number of carbonyl (C=O) groups is 2. The second-order valence-electron chi connectivity index (χ2n) is 9.08. The van der Waals surface area contributed by atoms with Crippen LogP contribution in [0.5, 0.6) is 0 Å². The van der Waals surface area contributed by atoms with Gasteiger partial charge >= 0.3 is 6.09 Å². The first-order chi connectivity index (χ1) is 15.2. The molecule has 0 aromatic heterocycles. The van der Waals surface area contributed by atoms with E-state index < -0.39 is 29.4 Å². The number of fused-ring (bicyclic) bond motifs is 2. The zero-order valence-electron chi connectivity index (χ0n) is 18.9. The molecule has 0 bridgehead atoms. The average Bonchev–Trinajstić information content (AvgIpc) is 2.98. The maximum atomic E-state index is 13.3. The van der Waals surface area contributed by atoms with E-state index in [0.29, 0.717) is 23.4 Å². The highest BCUT2D eigenvalue weighted by Gasteiger charge is 2.67. The number of nitrogens with zero attached hydrogens (tertiary/aromatic N) is 2. The van der Waals surface area contributed by atoms with E-state index in [0.717, 1.165) is 0 Å². The number of rotatable bonds is 2. The molecule has 2 fully saturated rings. The molecular weight excluding hydrogens is 412 g/mol. The minimum atomic E-state index is -1.14. The summed E-state index contributed by atoms with van der Waals surface area (Å²) in [5.74, 6) is 5.28. The van der Waals surface area contributed by atoms with Crippen molar-refractivity contribution >= 4 is 23.3 Å². The molecule has 1 aromatic rings. The Hall–Kier alpha value is -2.86. The summed E-state index contributed by atoms with van der Waals surface area (Å²) < 4.78 is 11.3. The Morgan fingerprint density at radius 1 is 1.31 bits per heavy atom. The molecule has 8 nitrogen and oxygen atoms in total. The third-order valence-electron chi connectivity index (χ3n) is 6.02. The molecule has 3 heterocycles. The van der Waals surface area contributed by atoms with Crippen molar-refractivity contribution in [3.63, 3.8) is 0 Å².